The Balaban J connectivity index is 0.000000484. The second-order valence-electron chi connectivity index (χ2n) is 8.87. The van der Waals surface area contributed by atoms with E-state index in [4.69, 9.17) is 0 Å². The number of aromatic nitrogens is 1. The van der Waals surface area contributed by atoms with E-state index in [1.807, 2.05) is 20.9 Å². The number of nitrogens with one attached hydrogen (secondary N) is 3. The first-order valence-electron chi connectivity index (χ1n) is 11.8. The van der Waals surface area contributed by atoms with Crippen LogP contribution in [0.3, 0.4) is 0 Å². The van der Waals surface area contributed by atoms with Crippen molar-refractivity contribution < 1.29 is 36.2 Å². The minimum absolute atomic E-state index is 0.0471. The van der Waals surface area contributed by atoms with Crippen molar-refractivity contribution in [2.24, 2.45) is 7.05 Å². The van der Waals surface area contributed by atoms with Crippen molar-refractivity contribution in [1.82, 2.24) is 19.5 Å². The number of benzene rings is 1. The molecule has 0 bridgehead atoms. The third-order valence-corrected chi connectivity index (χ3v) is 7.08. The van der Waals surface area contributed by atoms with Crippen LogP contribution >= 0.6 is 0 Å². The molecule has 210 valence electrons. The molecule has 2 amide bonds. The number of halogens is 4. The van der Waals surface area contributed by atoms with Crippen molar-refractivity contribution in [2.45, 2.75) is 50.1 Å². The van der Waals surface area contributed by atoms with E-state index in [2.05, 4.69) is 20.3 Å². The highest BCUT2D eigenvalue weighted by Crippen LogP contribution is 2.22. The van der Waals surface area contributed by atoms with E-state index < -0.39 is 51.8 Å². The summed E-state index contributed by atoms with van der Waals surface area (Å²) in [5, 5.41) is 4.59. The molecule has 0 aliphatic carbocycles. The van der Waals surface area contributed by atoms with Gasteiger partial charge in [0.25, 0.3) is 11.8 Å². The molecule has 1 aliphatic rings. The van der Waals surface area contributed by atoms with Crippen molar-refractivity contribution in [1.29, 1.82) is 0 Å². The van der Waals surface area contributed by atoms with Gasteiger partial charge in [0.1, 0.15) is 21.6 Å². The van der Waals surface area contributed by atoms with Gasteiger partial charge in [-0.05, 0) is 46.3 Å². The van der Waals surface area contributed by atoms with Crippen LogP contribution in [0.1, 0.15) is 43.6 Å². The lowest BCUT2D eigenvalue weighted by Crippen LogP contribution is -2.41. The summed E-state index contributed by atoms with van der Waals surface area (Å²) < 4.78 is 71.0. The van der Waals surface area contributed by atoms with Crippen LogP contribution in [0, 0.1) is 23.3 Å². The summed E-state index contributed by atoms with van der Waals surface area (Å²) in [5.41, 5.74) is -0.845. The predicted octanol–water partition coefficient (Wildman–Crippen LogP) is 2.64. The zero-order valence-electron chi connectivity index (χ0n) is 21.4. The van der Waals surface area contributed by atoms with Crippen LogP contribution in [0.2, 0.25) is 0 Å². The summed E-state index contributed by atoms with van der Waals surface area (Å²) in [4.78, 5) is 34.4. The average Bonchev–Trinajstić information content (AvgIpc) is 3.17. The maximum atomic E-state index is 14.8. The van der Waals surface area contributed by atoms with Crippen molar-refractivity contribution in [3.8, 4) is 0 Å². The molecular formula is C24H31F4N5O4S. The number of rotatable bonds is 8. The molecule has 2 aromatic rings. The number of hydrogen-bond acceptors (Lipinski definition) is 5. The van der Waals surface area contributed by atoms with Crippen LogP contribution in [0.5, 0.6) is 0 Å². The number of carbonyl (C=O) groups is 3. The molecule has 2 heterocycles. The van der Waals surface area contributed by atoms with Crippen LogP contribution < -0.4 is 15.4 Å². The quantitative estimate of drug-likeness (QED) is 0.199. The van der Waals surface area contributed by atoms with Crippen molar-refractivity contribution >= 4 is 34.8 Å². The number of piperidine rings is 1. The van der Waals surface area contributed by atoms with Gasteiger partial charge in [0.15, 0.2) is 23.3 Å². The van der Waals surface area contributed by atoms with Gasteiger partial charge >= 0.3 is 0 Å². The van der Waals surface area contributed by atoms with Crippen LogP contribution in [0.15, 0.2) is 23.2 Å². The fourth-order valence-electron chi connectivity index (χ4n) is 3.50. The number of carbonyl (C=O) groups excluding carboxylic acids is 3. The van der Waals surface area contributed by atoms with E-state index in [0.717, 1.165) is 36.9 Å². The summed E-state index contributed by atoms with van der Waals surface area (Å²) in [6.07, 6.45) is 3.86. The second kappa shape index (κ2) is 14.2. The lowest BCUT2D eigenvalue weighted by Gasteiger charge is -2.28. The normalized spacial score (nSPS) is 15.7. The molecule has 1 aliphatic heterocycles. The summed E-state index contributed by atoms with van der Waals surface area (Å²) in [5.74, 6) is -7.21. The number of likely N-dealkylation sites (tertiary alicyclic amines) is 1. The van der Waals surface area contributed by atoms with Gasteiger partial charge in [-0.25, -0.2) is 26.5 Å². The van der Waals surface area contributed by atoms with E-state index in [9.17, 15) is 36.2 Å². The predicted molar refractivity (Wildman–Crippen MR) is 134 cm³/mol. The zero-order chi connectivity index (χ0) is 28.6. The molecule has 38 heavy (non-hydrogen) atoms. The van der Waals surface area contributed by atoms with E-state index in [-0.39, 0.29) is 29.0 Å². The zero-order valence-corrected chi connectivity index (χ0v) is 22.3. The van der Waals surface area contributed by atoms with Gasteiger partial charge in [-0.15, -0.1) is 0 Å². The number of hydrogen-bond donors (Lipinski definition) is 3. The number of nitrogens with zero attached hydrogens (tertiary/aromatic N) is 2. The number of aryl methyl sites for hydroxylation is 1. The van der Waals surface area contributed by atoms with Crippen LogP contribution in [-0.2, 0) is 27.6 Å². The Labute approximate surface area is 220 Å². The highest BCUT2D eigenvalue weighted by molar-refractivity contribution is 7.83. The van der Waals surface area contributed by atoms with Gasteiger partial charge in [0, 0.05) is 43.1 Å². The van der Waals surface area contributed by atoms with E-state index in [0.29, 0.717) is 12.1 Å². The Bertz CT molecular complexity index is 1160. The third kappa shape index (κ3) is 8.46. The molecule has 3 rings (SSSR count). The van der Waals surface area contributed by atoms with E-state index in [1.54, 1.807) is 0 Å². The van der Waals surface area contributed by atoms with Gasteiger partial charge in [0.2, 0.25) is 6.29 Å². The van der Waals surface area contributed by atoms with Gasteiger partial charge in [-0.3, -0.25) is 14.4 Å². The first-order valence-corrected chi connectivity index (χ1v) is 13.0. The maximum Gasteiger partial charge on any atom is 0.284 e. The smallest absolute Gasteiger partial charge is 0.284 e. The summed E-state index contributed by atoms with van der Waals surface area (Å²) in [6, 6.07) is 1.22. The Hall–Kier alpha value is -3.10. The SMILES string of the molecule is CCC(C)NC(=O)C=O.CN1CCC(NS(=O)c2cn(C)c(C(=O)Nc3cc(F)c(F)c(F)c3)c2F)CC1. The first kappa shape index (κ1) is 31.1. The maximum absolute atomic E-state index is 14.8. The van der Waals surface area contributed by atoms with Gasteiger partial charge in [-0.2, -0.15) is 0 Å². The summed E-state index contributed by atoms with van der Waals surface area (Å²) in [6.45, 7) is 5.44. The fraction of sp³-hybridized carbons (Fsp3) is 0.458. The van der Waals surface area contributed by atoms with Crippen molar-refractivity contribution in [3.05, 3.63) is 47.3 Å². The Morgan fingerprint density at radius 2 is 1.68 bits per heavy atom. The fourth-order valence-corrected chi connectivity index (χ4v) is 4.67. The Kier molecular flexibility index (Phi) is 11.6. The molecule has 0 saturated carbocycles. The number of anilines is 1. The minimum Gasteiger partial charge on any atom is -0.347 e. The molecule has 3 N–H and O–H groups in total. The standard InChI is InChI=1S/C18H20F4N4O2S.C6H11NO2/c1-25-5-3-10(4-6-25)24-29(28)14-9-26(2)17(16(14)22)18(27)23-11-7-12(19)15(21)13(20)8-11;1-3-5(2)7-6(9)4-8/h7-10,24H,3-6H2,1-2H3,(H,23,27);4-5H,3H2,1-2H3,(H,7,9). The lowest BCUT2D eigenvalue weighted by atomic mass is 10.1. The largest absolute Gasteiger partial charge is 0.347 e. The molecule has 2 atom stereocenters. The van der Waals surface area contributed by atoms with Gasteiger partial charge < -0.3 is 20.1 Å². The average molecular weight is 562 g/mol. The Morgan fingerprint density at radius 3 is 2.21 bits per heavy atom. The molecular weight excluding hydrogens is 530 g/mol. The molecule has 1 aromatic carbocycles. The van der Waals surface area contributed by atoms with Crippen LogP contribution in [-0.4, -0.2) is 64.0 Å². The monoisotopic (exact) mass is 561 g/mol. The molecule has 1 aromatic heterocycles. The molecule has 14 heteroatoms. The van der Waals surface area contributed by atoms with E-state index >= 15 is 0 Å². The molecule has 9 nitrogen and oxygen atoms in total. The molecule has 1 saturated heterocycles. The summed E-state index contributed by atoms with van der Waals surface area (Å²) in [7, 11) is 1.47. The number of aldehydes is 1. The minimum atomic E-state index is -1.88. The first-order chi connectivity index (χ1) is 17.9. The molecule has 0 radical (unpaired) electrons. The van der Waals surface area contributed by atoms with Gasteiger partial charge in [0.05, 0.1) is 0 Å². The van der Waals surface area contributed by atoms with Crippen LogP contribution in [0.25, 0.3) is 0 Å². The van der Waals surface area contributed by atoms with Crippen LogP contribution in [0.4, 0.5) is 23.2 Å². The van der Waals surface area contributed by atoms with Crippen molar-refractivity contribution in [2.75, 3.05) is 25.5 Å². The highest BCUT2D eigenvalue weighted by atomic mass is 32.2. The number of amides is 2. The molecule has 2 unspecified atom stereocenters. The van der Waals surface area contributed by atoms with E-state index in [1.165, 1.54) is 13.2 Å². The second-order valence-corrected chi connectivity index (χ2v) is 10.1. The molecule has 1 fully saturated rings. The highest BCUT2D eigenvalue weighted by Gasteiger charge is 2.27. The molecule has 0 spiro atoms. The van der Waals surface area contributed by atoms with Crippen molar-refractivity contribution in [3.63, 3.8) is 0 Å². The topological polar surface area (TPSA) is 113 Å². The third-order valence-electron chi connectivity index (χ3n) is 5.84. The van der Waals surface area contributed by atoms with Gasteiger partial charge in [-0.1, -0.05) is 6.92 Å². The lowest BCUT2D eigenvalue weighted by molar-refractivity contribution is -0.131. The Morgan fingerprint density at radius 1 is 1.11 bits per heavy atom. The summed E-state index contributed by atoms with van der Waals surface area (Å²) >= 11 is 0.